The molecule has 3 aromatic carbocycles. The molecular formula is C30H28F3N3O3. The van der Waals surface area contributed by atoms with E-state index in [4.69, 9.17) is 0 Å². The molecule has 1 aliphatic carbocycles. The molecule has 1 amide bonds. The molecule has 1 aliphatic rings. The van der Waals surface area contributed by atoms with Gasteiger partial charge in [-0.25, -0.2) is 0 Å². The van der Waals surface area contributed by atoms with Gasteiger partial charge >= 0.3 is 12.1 Å². The van der Waals surface area contributed by atoms with E-state index in [1.807, 2.05) is 36.4 Å². The summed E-state index contributed by atoms with van der Waals surface area (Å²) in [5, 5.41) is 17.4. The van der Waals surface area contributed by atoms with Crippen LogP contribution in [0.2, 0.25) is 0 Å². The summed E-state index contributed by atoms with van der Waals surface area (Å²) in [6, 6.07) is 18.4. The number of aromatic nitrogens is 2. The number of aliphatic carboxylic acids is 1. The van der Waals surface area contributed by atoms with Crippen LogP contribution in [-0.2, 0) is 17.5 Å². The first-order valence-corrected chi connectivity index (χ1v) is 12.9. The first-order chi connectivity index (χ1) is 18.7. The summed E-state index contributed by atoms with van der Waals surface area (Å²) in [5.41, 5.74) is 2.36. The van der Waals surface area contributed by atoms with Crippen molar-refractivity contribution < 1.29 is 27.9 Å². The summed E-state index contributed by atoms with van der Waals surface area (Å²) >= 11 is 0. The molecule has 4 aromatic rings. The van der Waals surface area contributed by atoms with Crippen LogP contribution in [0.3, 0.4) is 0 Å². The Morgan fingerprint density at radius 2 is 1.69 bits per heavy atom. The summed E-state index contributed by atoms with van der Waals surface area (Å²) in [6.07, 6.45) is -0.199. The number of hydrogen-bond acceptors (Lipinski definition) is 3. The third-order valence-electron chi connectivity index (χ3n) is 7.42. The van der Waals surface area contributed by atoms with E-state index in [-0.39, 0.29) is 24.3 Å². The fourth-order valence-electron chi connectivity index (χ4n) is 5.29. The van der Waals surface area contributed by atoms with Crippen molar-refractivity contribution in [3.05, 3.63) is 89.6 Å². The molecule has 1 saturated carbocycles. The SMILES string of the molecule is O=C(NCC1CCC(C(=O)O)CC1)c1cc(-c2ccccc2)cc2cnn(Cc3cccc(C(F)(F)F)c3)c12. The molecule has 1 aromatic heterocycles. The number of benzene rings is 3. The number of amides is 1. The van der Waals surface area contributed by atoms with Crippen LogP contribution in [0.25, 0.3) is 22.0 Å². The Balaban J connectivity index is 1.45. The van der Waals surface area contributed by atoms with Crippen molar-refractivity contribution in [1.82, 2.24) is 15.1 Å². The summed E-state index contributed by atoms with van der Waals surface area (Å²) in [4.78, 5) is 24.8. The van der Waals surface area contributed by atoms with Gasteiger partial charge in [0, 0.05) is 11.9 Å². The highest BCUT2D eigenvalue weighted by Gasteiger charge is 2.30. The third kappa shape index (κ3) is 5.97. The lowest BCUT2D eigenvalue weighted by Crippen LogP contribution is -2.32. The van der Waals surface area contributed by atoms with E-state index >= 15 is 0 Å². The van der Waals surface area contributed by atoms with Crippen molar-refractivity contribution in [3.8, 4) is 11.1 Å². The number of carboxylic acid groups (broad SMARTS) is 1. The first kappa shape index (κ1) is 26.5. The molecule has 0 atom stereocenters. The van der Waals surface area contributed by atoms with Gasteiger partial charge < -0.3 is 10.4 Å². The zero-order valence-electron chi connectivity index (χ0n) is 21.1. The smallest absolute Gasteiger partial charge is 0.416 e. The van der Waals surface area contributed by atoms with Crippen LogP contribution >= 0.6 is 0 Å². The molecule has 1 heterocycles. The van der Waals surface area contributed by atoms with Gasteiger partial charge in [-0.15, -0.1) is 0 Å². The molecule has 0 aliphatic heterocycles. The minimum atomic E-state index is -4.46. The minimum Gasteiger partial charge on any atom is -0.481 e. The van der Waals surface area contributed by atoms with Gasteiger partial charge in [0.1, 0.15) is 0 Å². The molecule has 39 heavy (non-hydrogen) atoms. The molecule has 0 unspecified atom stereocenters. The Labute approximate surface area is 223 Å². The van der Waals surface area contributed by atoms with Crippen LogP contribution in [0.4, 0.5) is 13.2 Å². The Morgan fingerprint density at radius 1 is 0.949 bits per heavy atom. The lowest BCUT2D eigenvalue weighted by atomic mass is 9.82. The largest absolute Gasteiger partial charge is 0.481 e. The van der Waals surface area contributed by atoms with E-state index in [9.17, 15) is 27.9 Å². The predicted molar refractivity (Wildman–Crippen MR) is 141 cm³/mol. The van der Waals surface area contributed by atoms with Crippen LogP contribution in [0.1, 0.15) is 47.2 Å². The highest BCUT2D eigenvalue weighted by Crippen LogP contribution is 2.32. The summed E-state index contributed by atoms with van der Waals surface area (Å²) < 4.78 is 41.4. The minimum absolute atomic E-state index is 0.0670. The van der Waals surface area contributed by atoms with Crippen LogP contribution < -0.4 is 5.32 Å². The standard InChI is InChI=1S/C30H28F3N3O3/c31-30(32,33)25-8-4-5-20(13-25)18-36-27-24(17-35-36)14-23(21-6-2-1-3-7-21)15-26(27)28(37)34-16-19-9-11-22(12-10-19)29(38)39/h1-8,13-15,17,19,22H,9-12,16,18H2,(H,34,37)(H,38,39). The van der Waals surface area contributed by atoms with Crippen LogP contribution in [-0.4, -0.2) is 33.3 Å². The second-order valence-electron chi connectivity index (χ2n) is 10.1. The van der Waals surface area contributed by atoms with Gasteiger partial charge in [-0.2, -0.15) is 18.3 Å². The Hall–Kier alpha value is -4.14. The molecule has 0 bridgehead atoms. The lowest BCUT2D eigenvalue weighted by molar-refractivity contribution is -0.143. The molecule has 1 fully saturated rings. The molecule has 9 heteroatoms. The highest BCUT2D eigenvalue weighted by atomic mass is 19.4. The topological polar surface area (TPSA) is 84.2 Å². The lowest BCUT2D eigenvalue weighted by Gasteiger charge is -2.26. The molecule has 6 nitrogen and oxygen atoms in total. The van der Waals surface area contributed by atoms with Gasteiger partial charge in [0.15, 0.2) is 0 Å². The Bertz CT molecular complexity index is 1490. The number of alkyl halides is 3. The first-order valence-electron chi connectivity index (χ1n) is 12.9. The van der Waals surface area contributed by atoms with Gasteiger partial charge in [-0.1, -0.05) is 42.5 Å². The number of carbonyl (C=O) groups excluding carboxylic acids is 1. The number of fused-ring (bicyclic) bond motifs is 1. The molecule has 2 N–H and O–H groups in total. The Kier molecular flexibility index (Phi) is 7.41. The second kappa shape index (κ2) is 10.9. The van der Waals surface area contributed by atoms with Crippen LogP contribution in [0.15, 0.2) is 72.9 Å². The van der Waals surface area contributed by atoms with Crippen molar-refractivity contribution in [2.45, 2.75) is 38.4 Å². The van der Waals surface area contributed by atoms with E-state index in [2.05, 4.69) is 10.4 Å². The second-order valence-corrected chi connectivity index (χ2v) is 10.1. The van der Waals surface area contributed by atoms with E-state index in [1.165, 1.54) is 6.07 Å². The maximum Gasteiger partial charge on any atom is 0.416 e. The quantitative estimate of drug-likeness (QED) is 0.287. The van der Waals surface area contributed by atoms with E-state index in [0.717, 1.165) is 36.1 Å². The zero-order valence-corrected chi connectivity index (χ0v) is 21.1. The van der Waals surface area contributed by atoms with Gasteiger partial charge in [0.05, 0.1) is 35.3 Å². The van der Waals surface area contributed by atoms with E-state index in [1.54, 1.807) is 23.0 Å². The molecule has 0 spiro atoms. The van der Waals surface area contributed by atoms with Crippen molar-refractivity contribution in [2.75, 3.05) is 6.54 Å². The molecule has 0 saturated heterocycles. The van der Waals surface area contributed by atoms with Crippen LogP contribution in [0.5, 0.6) is 0 Å². The number of nitrogens with zero attached hydrogens (tertiary/aromatic N) is 2. The molecule has 0 radical (unpaired) electrons. The summed E-state index contributed by atoms with van der Waals surface area (Å²) in [7, 11) is 0. The zero-order chi connectivity index (χ0) is 27.6. The van der Waals surface area contributed by atoms with Crippen molar-refractivity contribution in [2.24, 2.45) is 11.8 Å². The van der Waals surface area contributed by atoms with Crippen molar-refractivity contribution >= 4 is 22.8 Å². The molecule has 202 valence electrons. The van der Waals surface area contributed by atoms with Crippen molar-refractivity contribution in [3.63, 3.8) is 0 Å². The normalized spacial score (nSPS) is 17.7. The third-order valence-corrected chi connectivity index (χ3v) is 7.42. The maximum atomic E-state index is 13.6. The fourth-order valence-corrected chi connectivity index (χ4v) is 5.29. The van der Waals surface area contributed by atoms with Crippen molar-refractivity contribution in [1.29, 1.82) is 0 Å². The summed E-state index contributed by atoms with van der Waals surface area (Å²) in [5.74, 6) is -1.22. The number of carbonyl (C=O) groups is 2. The van der Waals surface area contributed by atoms with Gasteiger partial charge in [0.2, 0.25) is 0 Å². The van der Waals surface area contributed by atoms with Gasteiger partial charge in [0.25, 0.3) is 5.91 Å². The van der Waals surface area contributed by atoms with Gasteiger partial charge in [-0.3, -0.25) is 14.3 Å². The average Bonchev–Trinajstić information content (AvgIpc) is 3.34. The molecular weight excluding hydrogens is 507 g/mol. The van der Waals surface area contributed by atoms with E-state index < -0.39 is 17.7 Å². The number of nitrogens with one attached hydrogen (secondary N) is 1. The number of carboxylic acids is 1. The highest BCUT2D eigenvalue weighted by molar-refractivity contribution is 6.07. The number of halogens is 3. The average molecular weight is 536 g/mol. The maximum absolute atomic E-state index is 13.6. The Morgan fingerprint density at radius 3 is 2.38 bits per heavy atom. The number of hydrogen-bond donors (Lipinski definition) is 2. The van der Waals surface area contributed by atoms with Crippen LogP contribution in [0, 0.1) is 11.8 Å². The summed E-state index contributed by atoms with van der Waals surface area (Å²) in [6.45, 7) is 0.488. The molecule has 5 rings (SSSR count). The number of rotatable bonds is 7. The fraction of sp³-hybridized carbons (Fsp3) is 0.300. The monoisotopic (exact) mass is 535 g/mol. The van der Waals surface area contributed by atoms with Gasteiger partial charge in [-0.05, 0) is 72.6 Å². The van der Waals surface area contributed by atoms with E-state index in [0.29, 0.717) is 41.4 Å². The predicted octanol–water partition coefficient (Wildman–Crippen LogP) is 6.39.